The topological polar surface area (TPSA) is 117 Å². The molecule has 0 saturated heterocycles. The maximum atomic E-state index is 13.9. The number of hydrogen-bond donors (Lipinski definition) is 1. The van der Waals surface area contributed by atoms with Gasteiger partial charge in [0.05, 0.1) is 45.7 Å². The lowest BCUT2D eigenvalue weighted by molar-refractivity contribution is -0.130. The Morgan fingerprint density at radius 1 is 0.730 bits per heavy atom. The minimum absolute atomic E-state index is 0.0164. The number of carbonyl (C=O) groups is 2. The fraction of sp³-hybridized carbons (Fsp3) is 0.185. The third kappa shape index (κ3) is 5.24. The maximum Gasteiger partial charge on any atom is 0.336 e. The number of Topliss-reactive ketones (excluding diaryl/α,β-unsaturated/α-hetero) is 1. The van der Waals surface area contributed by atoms with Crippen molar-refractivity contribution in [3.8, 4) is 23.0 Å². The second kappa shape index (κ2) is 11.1. The molecule has 0 fully saturated rings. The van der Waals surface area contributed by atoms with E-state index in [9.17, 15) is 14.7 Å². The van der Waals surface area contributed by atoms with Gasteiger partial charge in [-0.15, -0.1) is 0 Å². The Labute approximate surface area is 217 Å². The van der Waals surface area contributed by atoms with Crippen molar-refractivity contribution in [2.75, 3.05) is 28.4 Å². The summed E-state index contributed by atoms with van der Waals surface area (Å²) >= 11 is 1.03. The second-order valence-electron chi connectivity index (χ2n) is 7.89. The molecule has 4 rings (SSSR count). The molecule has 0 spiro atoms. The van der Waals surface area contributed by atoms with Gasteiger partial charge in [0.2, 0.25) is 0 Å². The number of ether oxygens (including phenoxy) is 4. The number of hydrogen-bond acceptors (Lipinski definition) is 9. The normalized spacial score (nSPS) is 11.6. The number of carbonyl (C=O) groups excluding carboxylic acids is 1. The van der Waals surface area contributed by atoms with Gasteiger partial charge in [-0.1, -0.05) is 12.1 Å². The van der Waals surface area contributed by atoms with E-state index >= 15 is 0 Å². The number of carboxylic acids is 1. The van der Waals surface area contributed by atoms with Gasteiger partial charge in [0.25, 0.3) is 0 Å². The van der Waals surface area contributed by atoms with E-state index < -0.39 is 11.8 Å². The van der Waals surface area contributed by atoms with Crippen LogP contribution in [-0.4, -0.2) is 54.0 Å². The highest BCUT2D eigenvalue weighted by Crippen LogP contribution is 2.34. The van der Waals surface area contributed by atoms with E-state index in [1.54, 1.807) is 48.5 Å². The van der Waals surface area contributed by atoms with E-state index in [2.05, 4.69) is 8.75 Å². The first-order valence-corrected chi connectivity index (χ1v) is 11.8. The van der Waals surface area contributed by atoms with E-state index in [1.165, 1.54) is 34.5 Å². The molecule has 1 N–H and O–H groups in total. The van der Waals surface area contributed by atoms with Crippen molar-refractivity contribution in [1.29, 1.82) is 0 Å². The minimum atomic E-state index is -1.24. The van der Waals surface area contributed by atoms with Gasteiger partial charge in [-0.25, -0.2) is 4.79 Å². The predicted octanol–water partition coefficient (Wildman–Crippen LogP) is 4.69. The molecule has 0 bridgehead atoms. The SMILES string of the molecule is COc1ccc(CC(C(=O)c2ccc(OC)c(OC)c2)=C(C(=O)O)c2ccc3nsnc3c2)cc1OC. The van der Waals surface area contributed by atoms with Crippen LogP contribution in [0.3, 0.4) is 0 Å². The summed E-state index contributed by atoms with van der Waals surface area (Å²) in [5.74, 6) is 0.0687. The predicted molar refractivity (Wildman–Crippen MR) is 139 cm³/mol. The minimum Gasteiger partial charge on any atom is -0.493 e. The summed E-state index contributed by atoms with van der Waals surface area (Å²) in [6, 6.07) is 14.8. The molecule has 0 amide bonds. The number of rotatable bonds is 10. The van der Waals surface area contributed by atoms with Gasteiger partial charge in [-0.3, -0.25) is 4.79 Å². The molecular weight excluding hydrogens is 496 g/mol. The Bertz CT molecular complexity index is 1510. The molecule has 0 aliphatic carbocycles. The number of carboxylic acid groups (broad SMARTS) is 1. The molecule has 190 valence electrons. The van der Waals surface area contributed by atoms with Crippen LogP contribution in [0.25, 0.3) is 16.6 Å². The number of methoxy groups -OCH3 is 4. The van der Waals surface area contributed by atoms with E-state index in [0.717, 1.165) is 11.7 Å². The highest BCUT2D eigenvalue weighted by molar-refractivity contribution is 7.00. The molecule has 0 aliphatic heterocycles. The fourth-order valence-electron chi connectivity index (χ4n) is 3.99. The number of allylic oxidation sites excluding steroid dienone is 1. The van der Waals surface area contributed by atoms with Crippen molar-refractivity contribution in [3.63, 3.8) is 0 Å². The summed E-state index contributed by atoms with van der Waals surface area (Å²) < 4.78 is 29.8. The molecule has 10 heteroatoms. The molecule has 9 nitrogen and oxygen atoms in total. The second-order valence-corrected chi connectivity index (χ2v) is 8.42. The monoisotopic (exact) mass is 520 g/mol. The first-order chi connectivity index (χ1) is 17.9. The van der Waals surface area contributed by atoms with Crippen molar-refractivity contribution in [2.45, 2.75) is 6.42 Å². The summed E-state index contributed by atoms with van der Waals surface area (Å²) in [5, 5.41) is 10.3. The van der Waals surface area contributed by atoms with Gasteiger partial charge in [0.1, 0.15) is 11.0 Å². The van der Waals surface area contributed by atoms with Crippen molar-refractivity contribution in [2.24, 2.45) is 0 Å². The average Bonchev–Trinajstić information content (AvgIpc) is 3.39. The number of benzene rings is 3. The van der Waals surface area contributed by atoms with Crippen LogP contribution in [0.1, 0.15) is 21.5 Å². The molecule has 0 radical (unpaired) electrons. The lowest BCUT2D eigenvalue weighted by Gasteiger charge is -2.15. The summed E-state index contributed by atoms with van der Waals surface area (Å²) in [6.07, 6.45) is 0.0164. The standard InChI is InChI=1S/C27H24N2O7S/c1-33-21-9-5-15(12-23(21)35-3)11-18(26(30)17-7-10-22(34-2)24(14-17)36-4)25(27(31)32)16-6-8-19-20(13-16)29-37-28-19/h5-10,12-14H,11H2,1-4H3,(H,31,32). The van der Waals surface area contributed by atoms with Crippen molar-refractivity contribution in [3.05, 3.63) is 76.9 Å². The molecule has 0 unspecified atom stereocenters. The van der Waals surface area contributed by atoms with Crippen molar-refractivity contribution in [1.82, 2.24) is 8.75 Å². The third-order valence-corrected chi connectivity index (χ3v) is 6.36. The number of ketones is 1. The van der Waals surface area contributed by atoms with E-state index in [1.807, 2.05) is 0 Å². The Balaban J connectivity index is 1.92. The van der Waals surface area contributed by atoms with E-state index in [0.29, 0.717) is 45.2 Å². The summed E-state index contributed by atoms with van der Waals surface area (Å²) in [6.45, 7) is 0. The van der Waals surface area contributed by atoms with Crippen molar-refractivity contribution < 1.29 is 33.6 Å². The lowest BCUT2D eigenvalue weighted by Crippen LogP contribution is -2.14. The first-order valence-electron chi connectivity index (χ1n) is 11.1. The quantitative estimate of drug-likeness (QED) is 0.235. The molecule has 0 saturated carbocycles. The number of fused-ring (bicyclic) bond motifs is 1. The van der Waals surface area contributed by atoms with Crippen LogP contribution in [0.15, 0.2) is 60.2 Å². The molecule has 4 aromatic rings. The van der Waals surface area contributed by atoms with Crippen LogP contribution in [0.5, 0.6) is 23.0 Å². The molecular formula is C27H24N2O7S. The highest BCUT2D eigenvalue weighted by Gasteiger charge is 2.25. The van der Waals surface area contributed by atoms with Crippen molar-refractivity contribution >= 4 is 40.1 Å². The molecule has 1 heterocycles. The Hall–Kier alpha value is -4.44. The highest BCUT2D eigenvalue weighted by atomic mass is 32.1. The summed E-state index contributed by atoms with van der Waals surface area (Å²) in [4.78, 5) is 26.6. The number of aromatic nitrogens is 2. The van der Waals surface area contributed by atoms with Gasteiger partial charge in [0.15, 0.2) is 28.8 Å². The zero-order chi connectivity index (χ0) is 26.5. The van der Waals surface area contributed by atoms with Crippen LogP contribution in [0, 0.1) is 0 Å². The van der Waals surface area contributed by atoms with Crippen LogP contribution >= 0.6 is 11.7 Å². The van der Waals surface area contributed by atoms with E-state index in [-0.39, 0.29) is 23.1 Å². The molecule has 3 aromatic carbocycles. The first kappa shape index (κ1) is 25.6. The molecule has 1 aromatic heterocycles. The zero-order valence-corrected chi connectivity index (χ0v) is 21.4. The Morgan fingerprint density at radius 3 is 1.97 bits per heavy atom. The number of nitrogens with zero attached hydrogens (tertiary/aromatic N) is 2. The number of aliphatic carboxylic acids is 1. The van der Waals surface area contributed by atoms with Gasteiger partial charge >= 0.3 is 5.97 Å². The van der Waals surface area contributed by atoms with Crippen LogP contribution in [0.2, 0.25) is 0 Å². The zero-order valence-electron chi connectivity index (χ0n) is 20.6. The maximum absolute atomic E-state index is 13.9. The Kier molecular flexibility index (Phi) is 7.69. The fourth-order valence-corrected chi connectivity index (χ4v) is 4.51. The Morgan fingerprint density at radius 2 is 1.32 bits per heavy atom. The van der Waals surface area contributed by atoms with Crippen LogP contribution < -0.4 is 18.9 Å². The molecule has 37 heavy (non-hydrogen) atoms. The van der Waals surface area contributed by atoms with Gasteiger partial charge in [0, 0.05) is 17.6 Å². The smallest absolute Gasteiger partial charge is 0.336 e. The van der Waals surface area contributed by atoms with Gasteiger partial charge in [-0.2, -0.15) is 8.75 Å². The average molecular weight is 521 g/mol. The largest absolute Gasteiger partial charge is 0.493 e. The van der Waals surface area contributed by atoms with E-state index in [4.69, 9.17) is 18.9 Å². The van der Waals surface area contributed by atoms with Gasteiger partial charge in [-0.05, 0) is 53.6 Å². The lowest BCUT2D eigenvalue weighted by atomic mass is 9.89. The van der Waals surface area contributed by atoms with Crippen LogP contribution in [0.4, 0.5) is 0 Å². The molecule has 0 atom stereocenters. The third-order valence-electron chi connectivity index (χ3n) is 5.81. The van der Waals surface area contributed by atoms with Gasteiger partial charge < -0.3 is 24.1 Å². The summed E-state index contributed by atoms with van der Waals surface area (Å²) in [5.41, 5.74) is 2.40. The van der Waals surface area contributed by atoms with Crippen LogP contribution in [-0.2, 0) is 11.2 Å². The summed E-state index contributed by atoms with van der Waals surface area (Å²) in [7, 11) is 5.99. The molecule has 0 aliphatic rings.